The largest absolute Gasteiger partial charge is 0.378 e. The Morgan fingerprint density at radius 2 is 1.81 bits per heavy atom. The first-order valence-electron chi connectivity index (χ1n) is 7.86. The van der Waals surface area contributed by atoms with Gasteiger partial charge in [-0.1, -0.05) is 18.2 Å². The number of hydrogen-bond donors (Lipinski definition) is 1. The highest BCUT2D eigenvalue weighted by Gasteiger charge is 2.26. The van der Waals surface area contributed by atoms with Crippen molar-refractivity contribution in [2.75, 3.05) is 44.4 Å². The van der Waals surface area contributed by atoms with E-state index in [-0.39, 0.29) is 0 Å². The molecule has 3 heterocycles. The van der Waals surface area contributed by atoms with Crippen molar-refractivity contribution in [3.63, 3.8) is 0 Å². The quantitative estimate of drug-likeness (QED) is 0.896. The fraction of sp³-hybridized carbons (Fsp3) is 0.529. The van der Waals surface area contributed by atoms with Crippen LogP contribution in [0.2, 0.25) is 0 Å². The molecule has 0 saturated carbocycles. The molecule has 2 atom stereocenters. The summed E-state index contributed by atoms with van der Waals surface area (Å²) in [6.07, 6.45) is 3.40. The lowest BCUT2D eigenvalue weighted by Gasteiger charge is -2.35. The van der Waals surface area contributed by atoms with E-state index in [1.165, 1.54) is 16.8 Å². The van der Waals surface area contributed by atoms with Gasteiger partial charge >= 0.3 is 0 Å². The number of hydrogen-bond acceptors (Lipinski definition) is 4. The lowest BCUT2D eigenvalue weighted by molar-refractivity contribution is 0.0561. The number of rotatable bonds is 2. The van der Waals surface area contributed by atoms with Crippen LogP contribution in [0.5, 0.6) is 0 Å². The second-order valence-corrected chi connectivity index (χ2v) is 6.05. The molecule has 2 unspecified atom stereocenters. The van der Waals surface area contributed by atoms with Crippen LogP contribution in [0.1, 0.15) is 12.0 Å². The first-order valence-corrected chi connectivity index (χ1v) is 7.86. The molecule has 1 N–H and O–H groups in total. The molecule has 2 saturated heterocycles. The molecule has 3 aliphatic rings. The van der Waals surface area contributed by atoms with E-state index in [0.29, 0.717) is 12.1 Å². The molecular weight excluding hydrogens is 264 g/mol. The molecule has 1 aromatic rings. The highest BCUT2D eigenvalue weighted by molar-refractivity contribution is 5.69. The smallest absolute Gasteiger partial charge is 0.0656 e. The van der Waals surface area contributed by atoms with Gasteiger partial charge in [-0.25, -0.2) is 0 Å². The molecule has 3 aliphatic heterocycles. The van der Waals surface area contributed by atoms with Crippen LogP contribution in [-0.4, -0.2) is 51.6 Å². The molecule has 0 aliphatic carbocycles. The summed E-state index contributed by atoms with van der Waals surface area (Å²) in [5, 5.41) is 3.59. The highest BCUT2D eigenvalue weighted by atomic mass is 16.5. The zero-order chi connectivity index (χ0) is 14.1. The van der Waals surface area contributed by atoms with Gasteiger partial charge in [0.1, 0.15) is 0 Å². The summed E-state index contributed by atoms with van der Waals surface area (Å²) < 4.78 is 11.0. The van der Waals surface area contributed by atoms with Crippen LogP contribution in [0.3, 0.4) is 0 Å². The van der Waals surface area contributed by atoms with Crippen LogP contribution in [0.4, 0.5) is 5.69 Å². The van der Waals surface area contributed by atoms with Crippen molar-refractivity contribution in [3.8, 4) is 0 Å². The van der Waals surface area contributed by atoms with Gasteiger partial charge in [0.2, 0.25) is 0 Å². The fourth-order valence-corrected chi connectivity index (χ4v) is 3.45. The zero-order valence-electron chi connectivity index (χ0n) is 12.3. The van der Waals surface area contributed by atoms with Crippen molar-refractivity contribution in [2.24, 2.45) is 0 Å². The maximum Gasteiger partial charge on any atom is 0.0656 e. The minimum atomic E-state index is 0.381. The number of anilines is 1. The number of nitrogens with zero attached hydrogens (tertiary/aromatic N) is 1. The van der Waals surface area contributed by atoms with Crippen LogP contribution >= 0.6 is 0 Å². The molecule has 0 aromatic heterocycles. The summed E-state index contributed by atoms with van der Waals surface area (Å²) in [6, 6.07) is 9.87. The second kappa shape index (κ2) is 5.79. The molecule has 4 nitrogen and oxygen atoms in total. The third kappa shape index (κ3) is 2.84. The summed E-state index contributed by atoms with van der Waals surface area (Å²) in [5.41, 5.74) is 4.12. The topological polar surface area (TPSA) is 33.7 Å². The van der Waals surface area contributed by atoms with E-state index in [2.05, 4.69) is 40.6 Å². The molecule has 112 valence electrons. The molecule has 4 rings (SSSR count). The van der Waals surface area contributed by atoms with E-state index in [9.17, 15) is 0 Å². The summed E-state index contributed by atoms with van der Waals surface area (Å²) in [4.78, 5) is 2.40. The van der Waals surface area contributed by atoms with Crippen LogP contribution in [-0.2, 0) is 9.47 Å². The Morgan fingerprint density at radius 3 is 2.57 bits per heavy atom. The minimum absolute atomic E-state index is 0.381. The van der Waals surface area contributed by atoms with Crippen molar-refractivity contribution < 1.29 is 9.47 Å². The van der Waals surface area contributed by atoms with Gasteiger partial charge in [-0.3, -0.25) is 0 Å². The van der Waals surface area contributed by atoms with Crippen molar-refractivity contribution in [1.82, 2.24) is 5.32 Å². The van der Waals surface area contributed by atoms with E-state index >= 15 is 0 Å². The normalized spacial score (nSPS) is 29.1. The van der Waals surface area contributed by atoms with Gasteiger partial charge in [0, 0.05) is 30.9 Å². The van der Waals surface area contributed by atoms with E-state index in [1.54, 1.807) is 0 Å². The third-order valence-corrected chi connectivity index (χ3v) is 4.55. The molecular formula is C17H22N2O2. The lowest BCUT2D eigenvalue weighted by Crippen LogP contribution is -2.50. The summed E-state index contributed by atoms with van der Waals surface area (Å²) in [6.45, 7) is 5.29. The number of fused-ring (bicyclic) bond motifs is 2. The molecule has 1 aromatic carbocycles. The predicted molar refractivity (Wildman–Crippen MR) is 83.6 cm³/mol. The van der Waals surface area contributed by atoms with E-state index in [1.807, 2.05) is 0 Å². The van der Waals surface area contributed by atoms with Crippen molar-refractivity contribution in [1.29, 1.82) is 0 Å². The van der Waals surface area contributed by atoms with Crippen molar-refractivity contribution in [3.05, 3.63) is 35.9 Å². The van der Waals surface area contributed by atoms with Gasteiger partial charge in [-0.15, -0.1) is 0 Å². The Hall–Kier alpha value is -1.36. The monoisotopic (exact) mass is 286 g/mol. The molecule has 2 bridgehead atoms. The fourth-order valence-electron chi connectivity index (χ4n) is 3.45. The minimum Gasteiger partial charge on any atom is -0.378 e. The Labute approximate surface area is 125 Å². The summed E-state index contributed by atoms with van der Waals surface area (Å²) in [7, 11) is 0. The highest BCUT2D eigenvalue weighted by Crippen LogP contribution is 2.28. The van der Waals surface area contributed by atoms with Gasteiger partial charge in [0.15, 0.2) is 0 Å². The first-order chi connectivity index (χ1) is 10.4. The van der Waals surface area contributed by atoms with Gasteiger partial charge in [0.25, 0.3) is 0 Å². The summed E-state index contributed by atoms with van der Waals surface area (Å²) in [5.74, 6) is 0. The van der Waals surface area contributed by atoms with Crippen LogP contribution in [0, 0.1) is 0 Å². The average Bonchev–Trinajstić information content (AvgIpc) is 2.55. The maximum atomic E-state index is 5.59. The Kier molecular flexibility index (Phi) is 3.67. The first kappa shape index (κ1) is 13.3. The Bertz CT molecular complexity index is 520. The van der Waals surface area contributed by atoms with Gasteiger partial charge in [-0.2, -0.15) is 0 Å². The third-order valence-electron chi connectivity index (χ3n) is 4.55. The average molecular weight is 286 g/mol. The molecule has 21 heavy (non-hydrogen) atoms. The van der Waals surface area contributed by atoms with Crippen LogP contribution in [0.25, 0.3) is 5.57 Å². The van der Waals surface area contributed by atoms with Crippen molar-refractivity contribution in [2.45, 2.75) is 18.5 Å². The van der Waals surface area contributed by atoms with Crippen molar-refractivity contribution >= 4 is 11.3 Å². The lowest BCUT2D eigenvalue weighted by atomic mass is 9.91. The Morgan fingerprint density at radius 1 is 1.00 bits per heavy atom. The molecule has 0 spiro atoms. The molecule has 0 amide bonds. The number of benzene rings is 1. The molecule has 2 fully saturated rings. The van der Waals surface area contributed by atoms with Crippen LogP contribution in [0.15, 0.2) is 30.3 Å². The maximum absolute atomic E-state index is 5.59. The van der Waals surface area contributed by atoms with Gasteiger partial charge in [-0.05, 0) is 29.7 Å². The van der Waals surface area contributed by atoms with Gasteiger partial charge < -0.3 is 19.7 Å². The number of nitrogens with one attached hydrogen (secondary N) is 1. The molecule has 4 heteroatoms. The summed E-state index contributed by atoms with van der Waals surface area (Å²) >= 11 is 0. The Balaban J connectivity index is 1.52. The zero-order valence-corrected chi connectivity index (χ0v) is 12.3. The van der Waals surface area contributed by atoms with Gasteiger partial charge in [0.05, 0.1) is 26.4 Å². The standard InChI is InChI=1S/C17H22N2O2/c1-3-17(19-5-7-20-8-6-19)4-2-13(1)14-9-15-11-21-12-16(10-14)18-15/h1-4,9,15-16,18H,5-8,10-12H2. The molecule has 0 radical (unpaired) electrons. The van der Waals surface area contributed by atoms with E-state index in [0.717, 1.165) is 45.9 Å². The number of morpholine rings is 2. The van der Waals surface area contributed by atoms with E-state index < -0.39 is 0 Å². The second-order valence-electron chi connectivity index (χ2n) is 6.05. The SMILES string of the molecule is C1=C(c2ccc(N3CCOCC3)cc2)CC2COCC1N2. The van der Waals surface area contributed by atoms with E-state index in [4.69, 9.17) is 9.47 Å². The number of ether oxygens (including phenoxy) is 2. The predicted octanol–water partition coefficient (Wildman–Crippen LogP) is 1.67. The van der Waals surface area contributed by atoms with Crippen LogP contribution < -0.4 is 10.2 Å².